The van der Waals surface area contributed by atoms with E-state index in [2.05, 4.69) is 4.74 Å². The average Bonchev–Trinajstić information content (AvgIpc) is 3.06. The van der Waals surface area contributed by atoms with Gasteiger partial charge in [-0.1, -0.05) is 12.1 Å². The molecule has 0 aliphatic carbocycles. The second-order valence-electron chi connectivity index (χ2n) is 5.19. The van der Waals surface area contributed by atoms with Gasteiger partial charge in [0, 0.05) is 6.61 Å². The summed E-state index contributed by atoms with van der Waals surface area (Å²) < 4.78 is 15.7. The molecule has 0 spiro atoms. The zero-order valence-corrected chi connectivity index (χ0v) is 13.1. The third-order valence-corrected chi connectivity index (χ3v) is 3.46. The standard InChI is InChI=1S/C17H20O6/c1-2-21-17(20)15(19)10-14(18)13-7-3-4-8-16(13)23-11-12-6-5-9-22-12/h3-4,7-8,12H,2,5-6,9-11H2,1H3. The molecule has 23 heavy (non-hydrogen) atoms. The molecule has 1 unspecified atom stereocenters. The molecule has 1 aromatic carbocycles. The van der Waals surface area contributed by atoms with Gasteiger partial charge in [0.15, 0.2) is 5.78 Å². The molecule has 124 valence electrons. The fraction of sp³-hybridized carbons (Fsp3) is 0.471. The number of para-hydroxylation sites is 1. The molecule has 1 fully saturated rings. The molecule has 0 radical (unpaired) electrons. The van der Waals surface area contributed by atoms with Crippen LogP contribution in [-0.2, 0) is 19.1 Å². The highest BCUT2D eigenvalue weighted by atomic mass is 16.5. The van der Waals surface area contributed by atoms with Gasteiger partial charge in [0.2, 0.25) is 5.78 Å². The van der Waals surface area contributed by atoms with Crippen LogP contribution in [0.5, 0.6) is 5.75 Å². The van der Waals surface area contributed by atoms with Gasteiger partial charge in [-0.25, -0.2) is 4.79 Å². The quantitative estimate of drug-likeness (QED) is 0.315. The van der Waals surface area contributed by atoms with Crippen LogP contribution in [0.4, 0.5) is 0 Å². The summed E-state index contributed by atoms with van der Waals surface area (Å²) in [5, 5.41) is 0. The van der Waals surface area contributed by atoms with Crippen LogP contribution in [0.3, 0.4) is 0 Å². The predicted molar refractivity (Wildman–Crippen MR) is 81.5 cm³/mol. The molecule has 1 atom stereocenters. The third kappa shape index (κ3) is 4.89. The normalized spacial score (nSPS) is 16.8. The van der Waals surface area contributed by atoms with Gasteiger partial charge < -0.3 is 14.2 Å². The zero-order chi connectivity index (χ0) is 16.7. The van der Waals surface area contributed by atoms with Crippen molar-refractivity contribution in [2.24, 2.45) is 0 Å². The maximum Gasteiger partial charge on any atom is 0.375 e. The van der Waals surface area contributed by atoms with E-state index in [4.69, 9.17) is 9.47 Å². The van der Waals surface area contributed by atoms with Gasteiger partial charge in [-0.05, 0) is 31.9 Å². The van der Waals surface area contributed by atoms with Crippen LogP contribution in [0.25, 0.3) is 0 Å². The Labute approximate surface area is 134 Å². The Morgan fingerprint density at radius 3 is 2.74 bits per heavy atom. The Morgan fingerprint density at radius 2 is 2.04 bits per heavy atom. The molecule has 1 aromatic rings. The van der Waals surface area contributed by atoms with E-state index in [1.165, 1.54) is 0 Å². The molecule has 2 rings (SSSR count). The van der Waals surface area contributed by atoms with E-state index in [9.17, 15) is 14.4 Å². The van der Waals surface area contributed by atoms with Gasteiger partial charge >= 0.3 is 5.97 Å². The molecule has 1 saturated heterocycles. The molecule has 0 aromatic heterocycles. The highest BCUT2D eigenvalue weighted by Crippen LogP contribution is 2.22. The summed E-state index contributed by atoms with van der Waals surface area (Å²) in [5.41, 5.74) is 0.281. The summed E-state index contributed by atoms with van der Waals surface area (Å²) in [7, 11) is 0. The molecule has 1 heterocycles. The van der Waals surface area contributed by atoms with Gasteiger partial charge in [0.05, 0.1) is 24.7 Å². The van der Waals surface area contributed by atoms with Crippen molar-refractivity contribution in [1.82, 2.24) is 0 Å². The molecule has 6 heteroatoms. The first-order valence-electron chi connectivity index (χ1n) is 7.68. The van der Waals surface area contributed by atoms with Crippen LogP contribution in [0.15, 0.2) is 24.3 Å². The van der Waals surface area contributed by atoms with Crippen LogP contribution < -0.4 is 4.74 Å². The van der Waals surface area contributed by atoms with E-state index >= 15 is 0 Å². The van der Waals surface area contributed by atoms with Crippen molar-refractivity contribution in [3.63, 3.8) is 0 Å². The molecular weight excluding hydrogens is 300 g/mol. The largest absolute Gasteiger partial charge is 0.490 e. The third-order valence-electron chi connectivity index (χ3n) is 3.46. The lowest BCUT2D eigenvalue weighted by atomic mass is 10.0. The summed E-state index contributed by atoms with van der Waals surface area (Å²) in [6, 6.07) is 6.67. The van der Waals surface area contributed by atoms with Gasteiger partial charge in [0.25, 0.3) is 0 Å². The summed E-state index contributed by atoms with van der Waals surface area (Å²) in [5.74, 6) is -1.92. The molecular formula is C17H20O6. The summed E-state index contributed by atoms with van der Waals surface area (Å²) in [6.07, 6.45) is 1.43. The maximum absolute atomic E-state index is 12.2. The van der Waals surface area contributed by atoms with Crippen LogP contribution >= 0.6 is 0 Å². The Bertz CT molecular complexity index is 574. The fourth-order valence-corrected chi connectivity index (χ4v) is 2.31. The number of hydrogen-bond acceptors (Lipinski definition) is 6. The van der Waals surface area contributed by atoms with Crippen LogP contribution in [0.1, 0.15) is 36.5 Å². The maximum atomic E-state index is 12.2. The van der Waals surface area contributed by atoms with Gasteiger partial charge in [0.1, 0.15) is 12.4 Å². The highest BCUT2D eigenvalue weighted by Gasteiger charge is 2.23. The number of carbonyl (C=O) groups excluding carboxylic acids is 3. The molecule has 0 saturated carbocycles. The van der Waals surface area contributed by atoms with E-state index in [1.54, 1.807) is 31.2 Å². The number of carbonyl (C=O) groups is 3. The van der Waals surface area contributed by atoms with Crippen molar-refractivity contribution in [2.75, 3.05) is 19.8 Å². The second kappa shape index (κ2) is 8.43. The van der Waals surface area contributed by atoms with Gasteiger partial charge in [-0.2, -0.15) is 0 Å². The van der Waals surface area contributed by atoms with Crippen LogP contribution in [-0.4, -0.2) is 43.5 Å². The number of ether oxygens (including phenoxy) is 3. The Balaban J connectivity index is 1.99. The lowest BCUT2D eigenvalue weighted by molar-refractivity contribution is -0.153. The molecule has 1 aliphatic rings. The molecule has 6 nitrogen and oxygen atoms in total. The van der Waals surface area contributed by atoms with E-state index in [0.29, 0.717) is 12.4 Å². The number of Topliss-reactive ketones (excluding diaryl/α,β-unsaturated/α-hetero) is 2. The average molecular weight is 320 g/mol. The summed E-state index contributed by atoms with van der Waals surface area (Å²) in [4.78, 5) is 35.2. The SMILES string of the molecule is CCOC(=O)C(=O)CC(=O)c1ccccc1OCC1CCCO1. The lowest BCUT2D eigenvalue weighted by Crippen LogP contribution is -2.21. The predicted octanol–water partition coefficient (Wildman–Crippen LogP) is 1.95. The number of hydrogen-bond donors (Lipinski definition) is 0. The first-order valence-corrected chi connectivity index (χ1v) is 7.68. The van der Waals surface area contributed by atoms with Crippen molar-refractivity contribution in [2.45, 2.75) is 32.3 Å². The first-order chi connectivity index (χ1) is 11.1. The fourth-order valence-electron chi connectivity index (χ4n) is 2.31. The minimum atomic E-state index is -0.987. The van der Waals surface area contributed by atoms with Gasteiger partial charge in [-0.3, -0.25) is 9.59 Å². The van der Waals surface area contributed by atoms with Crippen molar-refractivity contribution in [3.8, 4) is 5.75 Å². The number of esters is 1. The van der Waals surface area contributed by atoms with Crippen molar-refractivity contribution < 1.29 is 28.6 Å². The van der Waals surface area contributed by atoms with E-state index in [0.717, 1.165) is 19.4 Å². The Kier molecular flexibility index (Phi) is 6.29. The van der Waals surface area contributed by atoms with E-state index < -0.39 is 24.0 Å². The van der Waals surface area contributed by atoms with Crippen LogP contribution in [0, 0.1) is 0 Å². The van der Waals surface area contributed by atoms with E-state index in [1.807, 2.05) is 0 Å². The molecule has 0 amide bonds. The number of ketones is 2. The monoisotopic (exact) mass is 320 g/mol. The topological polar surface area (TPSA) is 78.9 Å². The Hall–Kier alpha value is -2.21. The minimum absolute atomic E-state index is 0.0272. The first kappa shape index (κ1) is 17.1. The minimum Gasteiger partial charge on any atom is -0.490 e. The van der Waals surface area contributed by atoms with Crippen LogP contribution in [0.2, 0.25) is 0 Å². The summed E-state index contributed by atoms with van der Waals surface area (Å²) >= 11 is 0. The van der Waals surface area contributed by atoms with Crippen molar-refractivity contribution in [1.29, 1.82) is 0 Å². The highest BCUT2D eigenvalue weighted by molar-refractivity contribution is 6.38. The molecule has 0 N–H and O–H groups in total. The van der Waals surface area contributed by atoms with E-state index in [-0.39, 0.29) is 18.3 Å². The smallest absolute Gasteiger partial charge is 0.375 e. The molecule has 1 aliphatic heterocycles. The van der Waals surface area contributed by atoms with Gasteiger partial charge in [-0.15, -0.1) is 0 Å². The second-order valence-corrected chi connectivity index (χ2v) is 5.19. The summed E-state index contributed by atoms with van der Waals surface area (Å²) in [6.45, 7) is 2.78. The van der Waals surface area contributed by atoms with Crippen molar-refractivity contribution >= 4 is 17.5 Å². The number of benzene rings is 1. The van der Waals surface area contributed by atoms with Crippen molar-refractivity contribution in [3.05, 3.63) is 29.8 Å². The zero-order valence-electron chi connectivity index (χ0n) is 13.1. The lowest BCUT2D eigenvalue weighted by Gasteiger charge is -2.14. The number of rotatable bonds is 8. The Morgan fingerprint density at radius 1 is 1.26 bits per heavy atom. The molecule has 0 bridgehead atoms.